The number of fused-ring (bicyclic) bond motifs is 1. The highest BCUT2D eigenvalue weighted by Gasteiger charge is 2.27. The highest BCUT2D eigenvalue weighted by Crippen LogP contribution is 2.25. The zero-order chi connectivity index (χ0) is 22.9. The zero-order valence-corrected chi connectivity index (χ0v) is 18.1. The summed E-state index contributed by atoms with van der Waals surface area (Å²) in [6, 6.07) is 11.9. The molecule has 2 N–H and O–H groups in total. The van der Waals surface area contributed by atoms with Crippen LogP contribution in [0.4, 0.5) is 5.69 Å². The second-order valence-corrected chi connectivity index (χ2v) is 9.26. The molecule has 9 nitrogen and oxygen atoms in total. The summed E-state index contributed by atoms with van der Waals surface area (Å²) < 4.78 is 32.7. The van der Waals surface area contributed by atoms with E-state index in [2.05, 4.69) is 10.3 Å². The monoisotopic (exact) mass is 455 g/mol. The van der Waals surface area contributed by atoms with Crippen molar-refractivity contribution in [2.24, 2.45) is 0 Å². The topological polar surface area (TPSA) is 126 Å². The van der Waals surface area contributed by atoms with E-state index >= 15 is 0 Å². The number of hydrogen-bond donors (Lipinski definition) is 2. The largest absolute Gasteiger partial charge is 0.379 e. The molecule has 10 heteroatoms. The van der Waals surface area contributed by atoms with Crippen molar-refractivity contribution in [1.82, 2.24) is 9.29 Å². The quantitative estimate of drug-likeness (QED) is 0.567. The molecule has 0 saturated carbocycles. The predicted molar refractivity (Wildman–Crippen MR) is 119 cm³/mol. The van der Waals surface area contributed by atoms with Gasteiger partial charge in [0, 0.05) is 35.6 Å². The average Bonchev–Trinajstić information content (AvgIpc) is 2.79. The zero-order valence-electron chi connectivity index (χ0n) is 17.3. The lowest BCUT2D eigenvalue weighted by molar-refractivity contribution is 0.0730. The Morgan fingerprint density at radius 1 is 1.03 bits per heavy atom. The van der Waals surface area contributed by atoms with Crippen LogP contribution >= 0.6 is 0 Å². The number of benzene rings is 2. The minimum Gasteiger partial charge on any atom is -0.379 e. The molecule has 1 aromatic heterocycles. The van der Waals surface area contributed by atoms with Gasteiger partial charge in [0.25, 0.3) is 5.91 Å². The van der Waals surface area contributed by atoms with Gasteiger partial charge in [-0.05, 0) is 37.3 Å². The Morgan fingerprint density at radius 3 is 2.47 bits per heavy atom. The fourth-order valence-corrected chi connectivity index (χ4v) is 5.04. The average molecular weight is 455 g/mol. The van der Waals surface area contributed by atoms with Crippen LogP contribution < -0.4 is 10.9 Å². The van der Waals surface area contributed by atoms with Crippen molar-refractivity contribution in [2.75, 3.05) is 31.6 Å². The molecule has 1 saturated heterocycles. The Bertz CT molecular complexity index is 1370. The Balaban J connectivity index is 1.78. The van der Waals surface area contributed by atoms with Gasteiger partial charge >= 0.3 is 0 Å². The van der Waals surface area contributed by atoms with Gasteiger partial charge in [0.15, 0.2) is 5.78 Å². The first-order valence-electron chi connectivity index (χ1n) is 9.93. The number of nitrogens with one attached hydrogen (secondary N) is 2. The third-order valence-corrected chi connectivity index (χ3v) is 7.12. The number of para-hydroxylation sites is 1. The number of morpholine rings is 1. The number of hydrogen-bond acceptors (Lipinski definition) is 6. The van der Waals surface area contributed by atoms with Crippen LogP contribution in [0.1, 0.15) is 27.6 Å². The molecule has 4 rings (SSSR count). The fourth-order valence-electron chi connectivity index (χ4n) is 3.61. The van der Waals surface area contributed by atoms with Crippen molar-refractivity contribution in [3.63, 3.8) is 0 Å². The minimum absolute atomic E-state index is 0.00105. The van der Waals surface area contributed by atoms with Gasteiger partial charge in [-0.15, -0.1) is 0 Å². The lowest BCUT2D eigenvalue weighted by atomic mass is 10.1. The number of aromatic nitrogens is 1. The number of pyridine rings is 1. The van der Waals surface area contributed by atoms with Gasteiger partial charge in [-0.3, -0.25) is 14.4 Å². The SMILES string of the molecule is CC(=O)c1ccccc1NC(=O)c1cc(=O)[nH]c2ccc(S(=O)(=O)N3CCOCC3)cc12. The molecule has 0 aliphatic carbocycles. The molecule has 1 aliphatic heterocycles. The van der Waals surface area contributed by atoms with Crippen LogP contribution in [-0.4, -0.2) is 55.7 Å². The molecule has 2 aromatic carbocycles. The molecule has 0 radical (unpaired) electrons. The van der Waals surface area contributed by atoms with Crippen LogP contribution in [0.3, 0.4) is 0 Å². The summed E-state index contributed by atoms with van der Waals surface area (Å²) >= 11 is 0. The summed E-state index contributed by atoms with van der Waals surface area (Å²) in [6.45, 7) is 2.48. The van der Waals surface area contributed by atoms with E-state index in [4.69, 9.17) is 4.74 Å². The van der Waals surface area contributed by atoms with Crippen molar-refractivity contribution in [3.8, 4) is 0 Å². The number of H-pyrrole nitrogens is 1. The minimum atomic E-state index is -3.80. The standard InChI is InChI=1S/C22H21N3O6S/c1-14(26)16-4-2-3-5-19(16)24-22(28)18-13-21(27)23-20-7-6-15(12-17(18)20)32(29,30)25-8-10-31-11-9-25/h2-7,12-13H,8-11H2,1H3,(H,23,27)(H,24,28). The molecule has 166 valence electrons. The lowest BCUT2D eigenvalue weighted by Crippen LogP contribution is -2.40. The molecule has 0 atom stereocenters. The van der Waals surface area contributed by atoms with E-state index in [1.165, 1.54) is 29.4 Å². The van der Waals surface area contributed by atoms with Crippen molar-refractivity contribution >= 4 is 38.3 Å². The van der Waals surface area contributed by atoms with E-state index in [9.17, 15) is 22.8 Å². The predicted octanol–water partition coefficient (Wildman–Crippen LogP) is 2.00. The smallest absolute Gasteiger partial charge is 0.256 e. The molecule has 0 bridgehead atoms. The molecule has 3 aromatic rings. The first-order valence-corrected chi connectivity index (χ1v) is 11.4. The second kappa shape index (κ2) is 8.65. The van der Waals surface area contributed by atoms with Gasteiger partial charge in [-0.25, -0.2) is 8.42 Å². The number of anilines is 1. The summed E-state index contributed by atoms with van der Waals surface area (Å²) in [5, 5.41) is 2.93. The number of ketones is 1. The van der Waals surface area contributed by atoms with Crippen molar-refractivity contribution in [1.29, 1.82) is 0 Å². The van der Waals surface area contributed by atoms with Crippen LogP contribution in [0.5, 0.6) is 0 Å². The molecule has 0 unspecified atom stereocenters. The number of amides is 1. The molecule has 1 fully saturated rings. The van der Waals surface area contributed by atoms with Crippen LogP contribution in [0, 0.1) is 0 Å². The van der Waals surface area contributed by atoms with Crippen molar-refractivity contribution in [3.05, 3.63) is 70.0 Å². The Hall–Kier alpha value is -3.34. The molecule has 0 spiro atoms. The summed E-state index contributed by atoms with van der Waals surface area (Å²) in [5.41, 5.74) is 0.442. The second-order valence-electron chi connectivity index (χ2n) is 7.33. The van der Waals surface area contributed by atoms with Gasteiger partial charge in [0.05, 0.1) is 29.4 Å². The van der Waals surface area contributed by atoms with E-state index in [0.717, 1.165) is 6.07 Å². The van der Waals surface area contributed by atoms with Crippen LogP contribution in [0.25, 0.3) is 10.9 Å². The number of sulfonamides is 1. The van der Waals surface area contributed by atoms with Crippen LogP contribution in [0.15, 0.2) is 58.2 Å². The first kappa shape index (κ1) is 21.9. The van der Waals surface area contributed by atoms with E-state index in [0.29, 0.717) is 30.0 Å². The van der Waals surface area contributed by atoms with E-state index in [1.807, 2.05) is 0 Å². The van der Waals surface area contributed by atoms with Crippen molar-refractivity contribution in [2.45, 2.75) is 11.8 Å². The molecule has 32 heavy (non-hydrogen) atoms. The summed E-state index contributed by atoms with van der Waals surface area (Å²) in [6.07, 6.45) is 0. The highest BCUT2D eigenvalue weighted by molar-refractivity contribution is 7.89. The lowest BCUT2D eigenvalue weighted by Gasteiger charge is -2.26. The first-order chi connectivity index (χ1) is 15.3. The number of aromatic amines is 1. The Kier molecular flexibility index (Phi) is 5.92. The summed E-state index contributed by atoms with van der Waals surface area (Å²) in [4.78, 5) is 39.7. The van der Waals surface area contributed by atoms with Gasteiger partial charge in [-0.2, -0.15) is 4.31 Å². The number of nitrogens with zero attached hydrogens (tertiary/aromatic N) is 1. The maximum atomic E-state index is 13.1. The highest BCUT2D eigenvalue weighted by atomic mass is 32.2. The van der Waals surface area contributed by atoms with E-state index in [1.54, 1.807) is 24.3 Å². The maximum Gasteiger partial charge on any atom is 0.256 e. The number of ether oxygens (including phenoxy) is 1. The third kappa shape index (κ3) is 4.20. The molecular formula is C22H21N3O6S. The van der Waals surface area contributed by atoms with Gasteiger partial charge < -0.3 is 15.0 Å². The number of Topliss-reactive ketones (excluding diaryl/α,β-unsaturated/α-hetero) is 1. The molecule has 2 heterocycles. The van der Waals surface area contributed by atoms with Gasteiger partial charge in [-0.1, -0.05) is 12.1 Å². The number of rotatable bonds is 5. The molecular weight excluding hydrogens is 434 g/mol. The maximum absolute atomic E-state index is 13.1. The van der Waals surface area contributed by atoms with Crippen LogP contribution in [-0.2, 0) is 14.8 Å². The number of carbonyl (C=O) groups excluding carboxylic acids is 2. The fraction of sp³-hybridized carbons (Fsp3) is 0.227. The van der Waals surface area contributed by atoms with E-state index < -0.39 is 21.5 Å². The summed E-state index contributed by atoms with van der Waals surface area (Å²) in [7, 11) is -3.80. The Morgan fingerprint density at radius 2 is 1.75 bits per heavy atom. The number of carbonyl (C=O) groups is 2. The van der Waals surface area contributed by atoms with Crippen molar-refractivity contribution < 1.29 is 22.7 Å². The third-order valence-electron chi connectivity index (χ3n) is 5.22. The van der Waals surface area contributed by atoms with Gasteiger partial charge in [0.2, 0.25) is 15.6 Å². The molecule has 1 amide bonds. The van der Waals surface area contributed by atoms with Gasteiger partial charge in [0.1, 0.15) is 0 Å². The normalized spacial score (nSPS) is 14.9. The molecule has 1 aliphatic rings. The summed E-state index contributed by atoms with van der Waals surface area (Å²) in [5.74, 6) is -0.855. The van der Waals surface area contributed by atoms with E-state index in [-0.39, 0.29) is 34.7 Å². The van der Waals surface area contributed by atoms with Crippen LogP contribution in [0.2, 0.25) is 0 Å². The Labute approximate surface area is 184 Å².